The minimum atomic E-state index is -0.972. The summed E-state index contributed by atoms with van der Waals surface area (Å²) in [5, 5.41) is 29.1. The molecule has 28 heavy (non-hydrogen) atoms. The number of allylic oxidation sites excluding steroid dienone is 2. The fourth-order valence-electron chi connectivity index (χ4n) is 3.62. The van der Waals surface area contributed by atoms with Crippen LogP contribution in [-0.4, -0.2) is 59.6 Å². The summed E-state index contributed by atoms with van der Waals surface area (Å²) in [6.45, 7) is 2.61. The molecule has 1 heterocycles. The summed E-state index contributed by atoms with van der Waals surface area (Å²) in [7, 11) is 0. The summed E-state index contributed by atoms with van der Waals surface area (Å²) >= 11 is 0. The lowest BCUT2D eigenvalue weighted by Gasteiger charge is -2.37. The van der Waals surface area contributed by atoms with E-state index >= 15 is 0 Å². The van der Waals surface area contributed by atoms with E-state index in [0.29, 0.717) is 6.61 Å². The van der Waals surface area contributed by atoms with Crippen molar-refractivity contribution in [3.63, 3.8) is 0 Å². The fourth-order valence-corrected chi connectivity index (χ4v) is 3.62. The number of hydrogen-bond donors (Lipinski definition) is 3. The Hall–Kier alpha value is -0.460. The van der Waals surface area contributed by atoms with Crippen LogP contribution in [0.5, 0.6) is 0 Å². The lowest BCUT2D eigenvalue weighted by atomic mass is 10.0. The molecule has 1 rings (SSSR count). The number of unbranched alkanes of at least 4 members (excludes halogenated alkanes) is 11. The molecule has 166 valence electrons. The van der Waals surface area contributed by atoms with Crippen molar-refractivity contribution in [3.8, 4) is 0 Å². The second-order valence-electron chi connectivity index (χ2n) is 8.03. The Bertz CT molecular complexity index is 374. The summed E-state index contributed by atoms with van der Waals surface area (Å²) in [5.41, 5.74) is 0. The molecule has 0 aromatic rings. The molecule has 1 fully saturated rings. The van der Waals surface area contributed by atoms with Gasteiger partial charge in [0.1, 0.15) is 24.4 Å². The zero-order valence-corrected chi connectivity index (χ0v) is 17.9. The standard InChI is InChI=1S/C23H44O5/c1-2-3-4-5-6-7-8-9-10-11-12-13-14-15-16-17-27-23-20(25)19-28-21(18-24)22(23)26/h6-7,20-26H,2-5,8-19H2,1H3/b7-6+/t20-,21+,22+,23+/m1/s1. The topological polar surface area (TPSA) is 79.2 Å². The van der Waals surface area contributed by atoms with Gasteiger partial charge < -0.3 is 24.8 Å². The average Bonchev–Trinajstić information content (AvgIpc) is 2.70. The van der Waals surface area contributed by atoms with Gasteiger partial charge in [0, 0.05) is 6.61 Å². The summed E-state index contributed by atoms with van der Waals surface area (Å²) < 4.78 is 10.8. The molecule has 0 spiro atoms. The third-order valence-electron chi connectivity index (χ3n) is 5.47. The first-order valence-corrected chi connectivity index (χ1v) is 11.6. The molecule has 0 unspecified atom stereocenters. The van der Waals surface area contributed by atoms with E-state index in [0.717, 1.165) is 12.8 Å². The fraction of sp³-hybridized carbons (Fsp3) is 0.913. The molecule has 1 saturated heterocycles. The maximum atomic E-state index is 10.1. The van der Waals surface area contributed by atoms with E-state index in [1.165, 1.54) is 70.6 Å². The van der Waals surface area contributed by atoms with Crippen molar-refractivity contribution in [1.82, 2.24) is 0 Å². The Morgan fingerprint density at radius 1 is 0.857 bits per heavy atom. The van der Waals surface area contributed by atoms with Crippen molar-refractivity contribution >= 4 is 0 Å². The zero-order chi connectivity index (χ0) is 20.5. The summed E-state index contributed by atoms with van der Waals surface area (Å²) in [6.07, 6.45) is 17.8. The smallest absolute Gasteiger partial charge is 0.114 e. The molecule has 0 saturated carbocycles. The van der Waals surface area contributed by atoms with Gasteiger partial charge in [0.25, 0.3) is 0 Å². The van der Waals surface area contributed by atoms with Crippen LogP contribution in [0.3, 0.4) is 0 Å². The number of hydrogen-bond acceptors (Lipinski definition) is 5. The number of aliphatic hydroxyl groups excluding tert-OH is 3. The molecule has 4 atom stereocenters. The van der Waals surface area contributed by atoms with Crippen LogP contribution in [0.4, 0.5) is 0 Å². The molecule has 0 amide bonds. The van der Waals surface area contributed by atoms with Crippen LogP contribution in [0, 0.1) is 0 Å². The third kappa shape index (κ3) is 11.5. The Kier molecular flexibility index (Phi) is 15.9. The van der Waals surface area contributed by atoms with Gasteiger partial charge in [-0.25, -0.2) is 0 Å². The first-order valence-electron chi connectivity index (χ1n) is 11.6. The van der Waals surface area contributed by atoms with Gasteiger partial charge in [0.15, 0.2) is 0 Å². The molecular weight excluding hydrogens is 356 g/mol. The Balaban J connectivity index is 1.88. The summed E-state index contributed by atoms with van der Waals surface area (Å²) in [4.78, 5) is 0. The zero-order valence-electron chi connectivity index (χ0n) is 17.9. The van der Waals surface area contributed by atoms with E-state index in [9.17, 15) is 10.2 Å². The van der Waals surface area contributed by atoms with Gasteiger partial charge in [-0.2, -0.15) is 0 Å². The number of aliphatic hydroxyl groups is 3. The molecule has 0 aromatic heterocycles. The predicted octanol–water partition coefficient (Wildman–Crippen LogP) is 4.13. The van der Waals surface area contributed by atoms with E-state index in [4.69, 9.17) is 14.6 Å². The molecule has 0 aromatic carbocycles. The minimum absolute atomic E-state index is 0.0988. The Morgan fingerprint density at radius 2 is 1.43 bits per heavy atom. The first kappa shape index (κ1) is 25.6. The highest BCUT2D eigenvalue weighted by molar-refractivity contribution is 4.87. The van der Waals surface area contributed by atoms with E-state index in [2.05, 4.69) is 19.1 Å². The van der Waals surface area contributed by atoms with E-state index in [1.54, 1.807) is 0 Å². The second kappa shape index (κ2) is 17.4. The highest BCUT2D eigenvalue weighted by atomic mass is 16.6. The lowest BCUT2D eigenvalue weighted by Crippen LogP contribution is -2.55. The SMILES string of the molecule is CCCCC/C=C/CCCCCCCCCCO[C@@H]1[C@@H](O)[C@H](CO)OC[C@H]1O. The quantitative estimate of drug-likeness (QED) is 0.253. The molecular formula is C23H44O5. The van der Waals surface area contributed by atoms with Gasteiger partial charge in [-0.1, -0.05) is 70.4 Å². The third-order valence-corrected chi connectivity index (χ3v) is 5.47. The lowest BCUT2D eigenvalue weighted by molar-refractivity contribution is -0.210. The van der Waals surface area contributed by atoms with E-state index < -0.39 is 24.4 Å². The molecule has 0 radical (unpaired) electrons. The van der Waals surface area contributed by atoms with Gasteiger partial charge in [0.2, 0.25) is 0 Å². The normalized spacial score (nSPS) is 25.6. The monoisotopic (exact) mass is 400 g/mol. The summed E-state index contributed by atoms with van der Waals surface area (Å²) in [5.74, 6) is 0. The summed E-state index contributed by atoms with van der Waals surface area (Å²) in [6, 6.07) is 0. The largest absolute Gasteiger partial charge is 0.394 e. The van der Waals surface area contributed by atoms with Crippen LogP contribution in [0.2, 0.25) is 0 Å². The minimum Gasteiger partial charge on any atom is -0.394 e. The van der Waals surface area contributed by atoms with Crippen molar-refractivity contribution < 1.29 is 24.8 Å². The van der Waals surface area contributed by atoms with E-state index in [1.807, 2.05) is 0 Å². The Labute approximate surface area is 172 Å². The maximum Gasteiger partial charge on any atom is 0.114 e. The van der Waals surface area contributed by atoms with Crippen LogP contribution >= 0.6 is 0 Å². The van der Waals surface area contributed by atoms with Crippen LogP contribution in [0.25, 0.3) is 0 Å². The molecule has 0 aliphatic carbocycles. The number of rotatable bonds is 17. The van der Waals surface area contributed by atoms with Crippen molar-refractivity contribution in [2.75, 3.05) is 19.8 Å². The predicted molar refractivity (Wildman–Crippen MR) is 113 cm³/mol. The van der Waals surface area contributed by atoms with Gasteiger partial charge in [-0.05, 0) is 32.1 Å². The maximum absolute atomic E-state index is 10.1. The molecule has 5 nitrogen and oxygen atoms in total. The molecule has 1 aliphatic heterocycles. The molecule has 3 N–H and O–H groups in total. The average molecular weight is 401 g/mol. The van der Waals surface area contributed by atoms with Crippen LogP contribution < -0.4 is 0 Å². The number of ether oxygens (including phenoxy) is 2. The highest BCUT2D eigenvalue weighted by Crippen LogP contribution is 2.19. The van der Waals surface area contributed by atoms with Gasteiger partial charge in [0.05, 0.1) is 13.2 Å². The van der Waals surface area contributed by atoms with Crippen LogP contribution in [0.1, 0.15) is 90.4 Å². The molecule has 0 bridgehead atoms. The van der Waals surface area contributed by atoms with Gasteiger partial charge in [-0.15, -0.1) is 0 Å². The molecule has 5 heteroatoms. The molecule has 1 aliphatic rings. The van der Waals surface area contributed by atoms with Crippen LogP contribution in [0.15, 0.2) is 12.2 Å². The van der Waals surface area contributed by atoms with Crippen molar-refractivity contribution in [2.45, 2.75) is 115 Å². The van der Waals surface area contributed by atoms with Crippen molar-refractivity contribution in [1.29, 1.82) is 0 Å². The first-order chi connectivity index (χ1) is 13.7. The van der Waals surface area contributed by atoms with Crippen molar-refractivity contribution in [3.05, 3.63) is 12.2 Å². The van der Waals surface area contributed by atoms with Crippen LogP contribution in [-0.2, 0) is 9.47 Å². The van der Waals surface area contributed by atoms with Gasteiger partial charge in [-0.3, -0.25) is 0 Å². The highest BCUT2D eigenvalue weighted by Gasteiger charge is 2.38. The van der Waals surface area contributed by atoms with Gasteiger partial charge >= 0.3 is 0 Å². The van der Waals surface area contributed by atoms with Crippen molar-refractivity contribution in [2.24, 2.45) is 0 Å². The Morgan fingerprint density at radius 3 is 2.04 bits per heavy atom. The van der Waals surface area contributed by atoms with E-state index in [-0.39, 0.29) is 13.2 Å². The second-order valence-corrected chi connectivity index (χ2v) is 8.03.